The predicted octanol–water partition coefficient (Wildman–Crippen LogP) is 6.39. The summed E-state index contributed by atoms with van der Waals surface area (Å²) < 4.78 is 0. The van der Waals surface area contributed by atoms with Crippen LogP contribution in [0.3, 0.4) is 0 Å². The quantitative estimate of drug-likeness (QED) is 0.301. The number of allylic oxidation sites excluding steroid dienone is 3. The van der Waals surface area contributed by atoms with Gasteiger partial charge < -0.3 is 5.32 Å². The maximum absolute atomic E-state index is 3.59. The summed E-state index contributed by atoms with van der Waals surface area (Å²) in [5.41, 5.74) is 2.84. The molecule has 3 rings (SSSR count). The predicted molar refractivity (Wildman–Crippen MR) is 111 cm³/mol. The topological polar surface area (TPSA) is 12.0 Å². The van der Waals surface area contributed by atoms with Crippen LogP contribution in [0.2, 0.25) is 0 Å². The number of hydrogen-bond acceptors (Lipinski definition) is 1. The molecule has 0 aliphatic heterocycles. The lowest BCUT2D eigenvalue weighted by Crippen LogP contribution is -2.13. The second-order valence-electron chi connectivity index (χ2n) is 6.56. The van der Waals surface area contributed by atoms with Crippen molar-refractivity contribution in [1.29, 1.82) is 0 Å². The molecule has 0 saturated heterocycles. The Morgan fingerprint density at radius 3 is 2.20 bits per heavy atom. The molecule has 0 atom stereocenters. The van der Waals surface area contributed by atoms with Gasteiger partial charge in [0, 0.05) is 13.1 Å². The molecule has 1 N–H and O–H groups in total. The van der Waals surface area contributed by atoms with E-state index in [2.05, 4.69) is 92.0 Å². The van der Waals surface area contributed by atoms with Crippen molar-refractivity contribution < 1.29 is 0 Å². The van der Waals surface area contributed by atoms with E-state index in [0.29, 0.717) is 0 Å². The highest BCUT2D eigenvalue weighted by Crippen LogP contribution is 2.28. The zero-order valence-corrected chi connectivity index (χ0v) is 15.3. The van der Waals surface area contributed by atoms with Crippen LogP contribution in [0, 0.1) is 0 Å². The number of benzene rings is 3. The van der Waals surface area contributed by atoms with Gasteiger partial charge in [0.15, 0.2) is 0 Å². The first kappa shape index (κ1) is 17.4. The van der Waals surface area contributed by atoms with E-state index in [4.69, 9.17) is 0 Å². The van der Waals surface area contributed by atoms with E-state index < -0.39 is 0 Å². The molecule has 3 aromatic carbocycles. The van der Waals surface area contributed by atoms with Gasteiger partial charge in [0.25, 0.3) is 0 Å². The largest absolute Gasteiger partial charge is 0.309 e. The van der Waals surface area contributed by atoms with E-state index in [1.54, 1.807) is 0 Å². The summed E-state index contributed by atoms with van der Waals surface area (Å²) in [4.78, 5) is 0. The molecular formula is C24H27N. The Morgan fingerprint density at radius 2 is 1.56 bits per heavy atom. The van der Waals surface area contributed by atoms with Crippen LogP contribution in [0.1, 0.15) is 32.3 Å². The molecule has 3 aromatic rings. The van der Waals surface area contributed by atoms with E-state index in [-0.39, 0.29) is 0 Å². The van der Waals surface area contributed by atoms with Crippen LogP contribution in [0.15, 0.2) is 78.4 Å². The van der Waals surface area contributed by atoms with Crippen molar-refractivity contribution in [2.45, 2.75) is 33.2 Å². The van der Waals surface area contributed by atoms with Crippen molar-refractivity contribution in [1.82, 2.24) is 5.32 Å². The van der Waals surface area contributed by atoms with Gasteiger partial charge in [-0.05, 0) is 52.9 Å². The Bertz CT molecular complexity index is 848. The highest BCUT2D eigenvalue weighted by atomic mass is 14.8. The molecule has 0 spiro atoms. The summed E-state index contributed by atoms with van der Waals surface area (Å²) >= 11 is 0. The molecule has 1 nitrogen and oxygen atoms in total. The standard InChI is InChI=1S/C24H27N/c1-3-10-19(2)11-8-9-16-25-18-24-22-14-6-4-12-20(22)17-21-13-5-7-15-23(21)24/h4-10,12-15,17,25H,3,11,16,18H2,1-2H3/b9-8-,19-10-. The molecule has 128 valence electrons. The van der Waals surface area contributed by atoms with Gasteiger partial charge in [0.2, 0.25) is 0 Å². The van der Waals surface area contributed by atoms with Gasteiger partial charge in [0.1, 0.15) is 0 Å². The Hall–Kier alpha value is -2.38. The fourth-order valence-corrected chi connectivity index (χ4v) is 3.36. The molecule has 1 heteroatoms. The van der Waals surface area contributed by atoms with E-state index in [1.165, 1.54) is 32.7 Å². The van der Waals surface area contributed by atoms with Crippen LogP contribution in [0.4, 0.5) is 0 Å². The molecule has 25 heavy (non-hydrogen) atoms. The van der Waals surface area contributed by atoms with Crippen LogP contribution in [-0.4, -0.2) is 6.54 Å². The van der Waals surface area contributed by atoms with Crippen molar-refractivity contribution in [3.63, 3.8) is 0 Å². The van der Waals surface area contributed by atoms with Crippen LogP contribution >= 0.6 is 0 Å². The Kier molecular flexibility index (Phi) is 6.03. The van der Waals surface area contributed by atoms with Gasteiger partial charge in [-0.1, -0.05) is 79.3 Å². The van der Waals surface area contributed by atoms with Crippen molar-refractivity contribution in [3.05, 3.63) is 84.0 Å². The second-order valence-corrected chi connectivity index (χ2v) is 6.56. The van der Waals surface area contributed by atoms with Crippen LogP contribution in [-0.2, 0) is 6.54 Å². The molecular weight excluding hydrogens is 302 g/mol. The molecule has 0 aliphatic carbocycles. The van der Waals surface area contributed by atoms with Gasteiger partial charge in [-0.2, -0.15) is 0 Å². The fourth-order valence-electron chi connectivity index (χ4n) is 3.36. The third kappa shape index (κ3) is 4.37. The Labute approximate surface area is 151 Å². The molecule has 0 unspecified atom stereocenters. The van der Waals surface area contributed by atoms with Crippen LogP contribution in [0.25, 0.3) is 21.5 Å². The third-order valence-corrected chi connectivity index (χ3v) is 4.61. The Balaban J connectivity index is 1.74. The normalized spacial score (nSPS) is 12.5. The third-order valence-electron chi connectivity index (χ3n) is 4.61. The summed E-state index contributed by atoms with van der Waals surface area (Å²) in [6, 6.07) is 19.6. The van der Waals surface area contributed by atoms with Gasteiger partial charge in [-0.3, -0.25) is 0 Å². The molecule has 0 fully saturated rings. The van der Waals surface area contributed by atoms with Gasteiger partial charge in [0.05, 0.1) is 0 Å². The lowest BCUT2D eigenvalue weighted by atomic mass is 9.97. The monoisotopic (exact) mass is 329 g/mol. The van der Waals surface area contributed by atoms with Crippen molar-refractivity contribution >= 4 is 21.5 Å². The lowest BCUT2D eigenvalue weighted by molar-refractivity contribution is 0.767. The van der Waals surface area contributed by atoms with E-state index >= 15 is 0 Å². The minimum atomic E-state index is 0.885. The number of fused-ring (bicyclic) bond motifs is 2. The number of nitrogens with one attached hydrogen (secondary N) is 1. The van der Waals surface area contributed by atoms with Crippen LogP contribution < -0.4 is 5.32 Å². The summed E-state index contributed by atoms with van der Waals surface area (Å²) in [5, 5.41) is 8.91. The maximum atomic E-state index is 3.59. The molecule has 0 aliphatic rings. The average Bonchev–Trinajstić information content (AvgIpc) is 2.64. The second kappa shape index (κ2) is 8.64. The van der Waals surface area contributed by atoms with Gasteiger partial charge >= 0.3 is 0 Å². The van der Waals surface area contributed by atoms with Crippen LogP contribution in [0.5, 0.6) is 0 Å². The lowest BCUT2D eigenvalue weighted by Gasteiger charge is -2.12. The molecule has 0 bridgehead atoms. The minimum absolute atomic E-state index is 0.885. The molecule has 0 amide bonds. The summed E-state index contributed by atoms with van der Waals surface area (Å²) in [6.07, 6.45) is 8.95. The maximum Gasteiger partial charge on any atom is 0.0220 e. The number of hydrogen-bond donors (Lipinski definition) is 1. The first-order valence-corrected chi connectivity index (χ1v) is 9.20. The summed E-state index contributed by atoms with van der Waals surface area (Å²) in [6.45, 7) is 6.17. The van der Waals surface area contributed by atoms with Crippen molar-refractivity contribution in [2.75, 3.05) is 6.54 Å². The van der Waals surface area contributed by atoms with E-state index in [0.717, 1.165) is 25.9 Å². The van der Waals surface area contributed by atoms with Gasteiger partial charge in [-0.25, -0.2) is 0 Å². The Morgan fingerprint density at radius 1 is 0.920 bits per heavy atom. The zero-order valence-electron chi connectivity index (χ0n) is 15.3. The summed E-state index contributed by atoms with van der Waals surface area (Å²) in [7, 11) is 0. The summed E-state index contributed by atoms with van der Waals surface area (Å²) in [5.74, 6) is 0. The average molecular weight is 329 g/mol. The molecule has 0 saturated carbocycles. The van der Waals surface area contributed by atoms with Gasteiger partial charge in [-0.15, -0.1) is 0 Å². The first-order valence-electron chi connectivity index (χ1n) is 9.20. The van der Waals surface area contributed by atoms with Crippen molar-refractivity contribution in [3.8, 4) is 0 Å². The number of rotatable bonds is 7. The smallest absolute Gasteiger partial charge is 0.0220 e. The highest BCUT2D eigenvalue weighted by molar-refractivity contribution is 6.02. The molecule has 0 heterocycles. The molecule has 0 radical (unpaired) electrons. The minimum Gasteiger partial charge on any atom is -0.309 e. The first-order chi connectivity index (χ1) is 12.3. The SMILES string of the molecule is CC/C=C(/C)C/C=C\CNCc1c2ccccc2cc2ccccc12. The highest BCUT2D eigenvalue weighted by Gasteiger charge is 2.06. The van der Waals surface area contributed by atoms with E-state index in [1.807, 2.05) is 0 Å². The fraction of sp³-hybridized carbons (Fsp3) is 0.250. The van der Waals surface area contributed by atoms with E-state index in [9.17, 15) is 0 Å². The zero-order chi connectivity index (χ0) is 17.5. The molecule has 0 aromatic heterocycles. The van der Waals surface area contributed by atoms with Crippen molar-refractivity contribution in [2.24, 2.45) is 0 Å².